The molecule has 4 unspecified atom stereocenters. The van der Waals surface area contributed by atoms with Crippen LogP contribution in [0.5, 0.6) is 17.2 Å². The molecule has 0 saturated carbocycles. The first kappa shape index (κ1) is 28.5. The summed E-state index contributed by atoms with van der Waals surface area (Å²) in [5.74, 6) is 0.311. The van der Waals surface area contributed by atoms with Gasteiger partial charge in [0.15, 0.2) is 0 Å². The molecule has 2 saturated heterocycles. The number of aromatic hydroxyl groups is 1. The van der Waals surface area contributed by atoms with Crippen LogP contribution < -0.4 is 9.47 Å². The molecule has 9 N–H and O–H groups in total. The van der Waals surface area contributed by atoms with Gasteiger partial charge in [0, 0.05) is 23.1 Å². The van der Waals surface area contributed by atoms with Crippen LogP contribution in [0.3, 0.4) is 0 Å². The predicted molar refractivity (Wildman–Crippen MR) is 132 cm³/mol. The van der Waals surface area contributed by atoms with Gasteiger partial charge in [-0.3, -0.25) is 0 Å². The van der Waals surface area contributed by atoms with E-state index in [-0.39, 0.29) is 17.2 Å². The molecule has 0 bridgehead atoms. The highest BCUT2D eigenvalue weighted by Gasteiger charge is 2.45. The highest BCUT2D eigenvalue weighted by atomic mass is 16.7. The molecule has 2 aliphatic rings. The van der Waals surface area contributed by atoms with Crippen molar-refractivity contribution < 1.29 is 69.3 Å². The minimum atomic E-state index is -1.64. The summed E-state index contributed by atoms with van der Waals surface area (Å²) < 4.78 is 27.9. The molecule has 2 aromatic carbocycles. The Labute approximate surface area is 226 Å². The van der Waals surface area contributed by atoms with Crippen LogP contribution in [-0.4, -0.2) is 121 Å². The van der Waals surface area contributed by atoms with Crippen molar-refractivity contribution in [2.45, 2.75) is 61.4 Å². The van der Waals surface area contributed by atoms with E-state index in [1.165, 1.54) is 24.3 Å². The van der Waals surface area contributed by atoms with Crippen LogP contribution in [0.1, 0.15) is 0 Å². The van der Waals surface area contributed by atoms with Gasteiger partial charge in [0.2, 0.25) is 12.6 Å². The number of rotatable bonds is 7. The first-order valence-corrected chi connectivity index (χ1v) is 12.4. The zero-order chi connectivity index (χ0) is 28.7. The standard InChI is InChI=1S/C26H30O14/c27-8-17-19(30)21(32)23(34)25(39-17)36-13-2-1-10-5-15(38-16(10)7-13)11-3-12(29)6-14(4-11)37-26-24(35)22(33)20(31)18(9-28)40-26/h1-7,17-35H,8-9H2/t17-,18-,19?,20?,21+,22+,23?,24?,25-,26-/m1/s1. The number of benzene rings is 2. The van der Waals surface area contributed by atoms with Gasteiger partial charge in [-0.1, -0.05) is 0 Å². The number of hydrogen-bond acceptors (Lipinski definition) is 14. The largest absolute Gasteiger partial charge is 0.508 e. The summed E-state index contributed by atoms with van der Waals surface area (Å²) in [6.07, 6.45) is -14.7. The maximum Gasteiger partial charge on any atom is 0.229 e. The van der Waals surface area contributed by atoms with E-state index in [1.807, 2.05) is 0 Å². The molecule has 3 heterocycles. The van der Waals surface area contributed by atoms with E-state index < -0.39 is 74.6 Å². The maximum absolute atomic E-state index is 10.3. The third kappa shape index (κ3) is 5.46. The lowest BCUT2D eigenvalue weighted by atomic mass is 9.99. The lowest BCUT2D eigenvalue weighted by Gasteiger charge is -2.39. The summed E-state index contributed by atoms with van der Waals surface area (Å²) in [6.45, 7) is -1.23. The molecule has 1 aromatic heterocycles. The smallest absolute Gasteiger partial charge is 0.229 e. The first-order valence-electron chi connectivity index (χ1n) is 12.4. The SMILES string of the molecule is OC[C@H]1O[C@@H](Oc2cc(O)cc(-c3cc4ccc(O[C@@H]5O[C@H](CO)C(O)[C@H](O)C5O)cc4o3)c2)C(O)[C@@H](O)C1O. The molecule has 14 heteroatoms. The predicted octanol–water partition coefficient (Wildman–Crippen LogP) is -1.84. The Bertz CT molecular complexity index is 1310. The minimum Gasteiger partial charge on any atom is -0.508 e. The normalized spacial score (nSPS) is 34.6. The summed E-state index contributed by atoms with van der Waals surface area (Å²) >= 11 is 0. The third-order valence-corrected chi connectivity index (χ3v) is 6.87. The van der Waals surface area contributed by atoms with Gasteiger partial charge in [-0.05, 0) is 30.3 Å². The van der Waals surface area contributed by atoms with Gasteiger partial charge in [-0.2, -0.15) is 0 Å². The molecule has 0 aliphatic carbocycles. The second kappa shape index (κ2) is 11.5. The number of ether oxygens (including phenoxy) is 4. The van der Waals surface area contributed by atoms with Crippen LogP contribution in [0, 0.1) is 0 Å². The summed E-state index contributed by atoms with van der Waals surface area (Å²) in [4.78, 5) is 0. The van der Waals surface area contributed by atoms with E-state index in [0.29, 0.717) is 22.3 Å². The molecular weight excluding hydrogens is 536 g/mol. The second-order valence-electron chi connectivity index (χ2n) is 9.66. The molecule has 0 spiro atoms. The maximum atomic E-state index is 10.3. The van der Waals surface area contributed by atoms with Crippen molar-refractivity contribution in [1.29, 1.82) is 0 Å². The number of aliphatic hydroxyl groups excluding tert-OH is 8. The van der Waals surface area contributed by atoms with Crippen LogP contribution >= 0.6 is 0 Å². The van der Waals surface area contributed by atoms with Crippen LogP contribution in [-0.2, 0) is 9.47 Å². The van der Waals surface area contributed by atoms with Crippen molar-refractivity contribution in [2.75, 3.05) is 13.2 Å². The molecule has 10 atom stereocenters. The van der Waals surface area contributed by atoms with Crippen molar-refractivity contribution >= 4 is 11.0 Å². The Balaban J connectivity index is 1.35. The highest BCUT2D eigenvalue weighted by molar-refractivity contribution is 5.84. The van der Waals surface area contributed by atoms with E-state index in [2.05, 4.69) is 0 Å². The fraction of sp³-hybridized carbons (Fsp3) is 0.462. The molecule has 0 radical (unpaired) electrons. The second-order valence-corrected chi connectivity index (χ2v) is 9.66. The Morgan fingerprint density at radius 1 is 0.625 bits per heavy atom. The van der Waals surface area contributed by atoms with Crippen LogP contribution in [0.15, 0.2) is 46.9 Å². The van der Waals surface area contributed by atoms with Crippen molar-refractivity contribution in [3.05, 3.63) is 42.5 Å². The summed E-state index contributed by atoms with van der Waals surface area (Å²) in [5.41, 5.74) is 0.712. The van der Waals surface area contributed by atoms with E-state index in [1.54, 1.807) is 18.2 Å². The quantitative estimate of drug-likeness (QED) is 0.153. The zero-order valence-electron chi connectivity index (χ0n) is 20.8. The first-order chi connectivity index (χ1) is 19.1. The van der Waals surface area contributed by atoms with Crippen LogP contribution in [0.4, 0.5) is 0 Å². The number of hydrogen-bond donors (Lipinski definition) is 9. The Hall–Kier alpha value is -3.02. The summed E-state index contributed by atoms with van der Waals surface area (Å²) in [7, 11) is 0. The van der Waals surface area contributed by atoms with Gasteiger partial charge < -0.3 is 69.3 Å². The van der Waals surface area contributed by atoms with Gasteiger partial charge >= 0.3 is 0 Å². The van der Waals surface area contributed by atoms with E-state index in [0.717, 1.165) is 0 Å². The third-order valence-electron chi connectivity index (χ3n) is 6.87. The molecule has 218 valence electrons. The molecule has 40 heavy (non-hydrogen) atoms. The Kier molecular flexibility index (Phi) is 8.17. The average molecular weight is 567 g/mol. The van der Waals surface area contributed by atoms with Gasteiger partial charge in [-0.15, -0.1) is 0 Å². The number of furan rings is 1. The fourth-order valence-electron chi connectivity index (χ4n) is 4.62. The number of fused-ring (bicyclic) bond motifs is 1. The molecule has 14 nitrogen and oxygen atoms in total. The van der Waals surface area contributed by atoms with Crippen molar-refractivity contribution in [3.8, 4) is 28.6 Å². The zero-order valence-corrected chi connectivity index (χ0v) is 20.8. The minimum absolute atomic E-state index is 0.0337. The van der Waals surface area contributed by atoms with E-state index >= 15 is 0 Å². The van der Waals surface area contributed by atoms with Gasteiger partial charge in [-0.25, -0.2) is 0 Å². The number of phenolic OH excluding ortho intramolecular Hbond substituents is 1. The van der Waals surface area contributed by atoms with Crippen LogP contribution in [0.25, 0.3) is 22.3 Å². The Morgan fingerprint density at radius 2 is 1.20 bits per heavy atom. The Morgan fingerprint density at radius 3 is 1.77 bits per heavy atom. The van der Waals surface area contributed by atoms with Crippen molar-refractivity contribution in [1.82, 2.24) is 0 Å². The lowest BCUT2D eigenvalue weighted by Crippen LogP contribution is -2.60. The topological polar surface area (TPSA) is 232 Å². The van der Waals surface area contributed by atoms with Crippen molar-refractivity contribution in [2.24, 2.45) is 0 Å². The van der Waals surface area contributed by atoms with Gasteiger partial charge in [0.1, 0.15) is 77.4 Å². The lowest BCUT2D eigenvalue weighted by molar-refractivity contribution is -0.277. The summed E-state index contributed by atoms with van der Waals surface area (Å²) in [6, 6.07) is 10.5. The summed E-state index contributed by atoms with van der Waals surface area (Å²) in [5, 5.41) is 90.0. The molecule has 2 aliphatic heterocycles. The van der Waals surface area contributed by atoms with E-state index in [9.17, 15) is 46.0 Å². The molecule has 0 amide bonds. The van der Waals surface area contributed by atoms with E-state index in [4.69, 9.17) is 23.4 Å². The number of aliphatic hydroxyl groups is 8. The highest BCUT2D eigenvalue weighted by Crippen LogP contribution is 2.36. The molecule has 3 aromatic rings. The van der Waals surface area contributed by atoms with Crippen LogP contribution in [0.2, 0.25) is 0 Å². The van der Waals surface area contributed by atoms with Crippen molar-refractivity contribution in [3.63, 3.8) is 0 Å². The molecule has 2 fully saturated rings. The molecule has 5 rings (SSSR count). The van der Waals surface area contributed by atoms with Gasteiger partial charge in [0.05, 0.1) is 13.2 Å². The monoisotopic (exact) mass is 566 g/mol. The fourth-order valence-corrected chi connectivity index (χ4v) is 4.62. The molecular formula is C26H30O14. The number of phenols is 1. The average Bonchev–Trinajstić information content (AvgIpc) is 3.37. The van der Waals surface area contributed by atoms with Gasteiger partial charge in [0.25, 0.3) is 0 Å².